The van der Waals surface area contributed by atoms with Crippen LogP contribution in [0.25, 0.3) is 0 Å². The molecule has 1 unspecified atom stereocenters. The predicted octanol–water partition coefficient (Wildman–Crippen LogP) is 1.39. The zero-order valence-electron chi connectivity index (χ0n) is 15.9. The van der Waals surface area contributed by atoms with Crippen LogP contribution in [0.1, 0.15) is 24.7 Å². The highest BCUT2D eigenvalue weighted by Crippen LogP contribution is 2.03. The van der Waals surface area contributed by atoms with Gasteiger partial charge in [-0.25, -0.2) is 0 Å². The minimum atomic E-state index is 0. The molecule has 7 nitrogen and oxygen atoms in total. The first-order valence-electron chi connectivity index (χ1n) is 8.92. The van der Waals surface area contributed by atoms with Gasteiger partial charge in [0.2, 0.25) is 0 Å². The van der Waals surface area contributed by atoms with Crippen LogP contribution in [-0.4, -0.2) is 73.1 Å². The van der Waals surface area contributed by atoms with Gasteiger partial charge in [-0.3, -0.25) is 9.67 Å². The first-order chi connectivity index (χ1) is 11.6. The van der Waals surface area contributed by atoms with Crippen molar-refractivity contribution in [1.29, 1.82) is 0 Å². The van der Waals surface area contributed by atoms with Gasteiger partial charge < -0.3 is 20.3 Å². The summed E-state index contributed by atoms with van der Waals surface area (Å²) >= 11 is 0. The second-order valence-electron chi connectivity index (χ2n) is 6.41. The monoisotopic (exact) mass is 464 g/mol. The van der Waals surface area contributed by atoms with Crippen LogP contribution < -0.4 is 10.6 Å². The number of aromatic nitrogens is 2. The number of nitrogens with zero attached hydrogens (tertiary/aromatic N) is 4. The molecule has 1 atom stereocenters. The van der Waals surface area contributed by atoms with Gasteiger partial charge in [-0.15, -0.1) is 24.0 Å². The van der Waals surface area contributed by atoms with Crippen LogP contribution in [0.3, 0.4) is 0 Å². The van der Waals surface area contributed by atoms with E-state index >= 15 is 0 Å². The lowest BCUT2D eigenvalue weighted by Crippen LogP contribution is -2.43. The minimum Gasteiger partial charge on any atom is -0.374 e. The number of rotatable bonds is 7. The summed E-state index contributed by atoms with van der Waals surface area (Å²) in [6.07, 6.45) is 1.20. The van der Waals surface area contributed by atoms with E-state index in [0.29, 0.717) is 6.54 Å². The predicted molar refractivity (Wildman–Crippen MR) is 113 cm³/mol. The number of halogens is 1. The average Bonchev–Trinajstić information content (AvgIpc) is 2.87. The number of likely N-dealkylation sites (N-methyl/N-ethyl adjacent to an activating group) is 1. The molecule has 0 saturated carbocycles. The fraction of sp³-hybridized carbons (Fsp3) is 0.765. The molecule has 1 aliphatic rings. The number of aryl methyl sites for hydroxylation is 3. The molecular formula is C17H33IN6O. The molecule has 2 heterocycles. The van der Waals surface area contributed by atoms with Crippen LogP contribution in [0, 0.1) is 13.8 Å². The molecule has 1 fully saturated rings. The van der Waals surface area contributed by atoms with Crippen molar-refractivity contribution >= 4 is 29.9 Å². The Bertz CT molecular complexity index is 533. The fourth-order valence-electron chi connectivity index (χ4n) is 2.85. The first kappa shape index (κ1) is 22.2. The topological polar surface area (TPSA) is 66.7 Å². The van der Waals surface area contributed by atoms with Crippen LogP contribution in [0.4, 0.5) is 0 Å². The number of nitrogens with one attached hydrogen (secondary N) is 2. The highest BCUT2D eigenvalue weighted by molar-refractivity contribution is 14.0. The second-order valence-corrected chi connectivity index (χ2v) is 6.41. The smallest absolute Gasteiger partial charge is 0.191 e. The summed E-state index contributed by atoms with van der Waals surface area (Å²) in [6, 6.07) is 2.11. The van der Waals surface area contributed by atoms with E-state index in [4.69, 9.17) is 4.74 Å². The molecular weight excluding hydrogens is 431 g/mol. The zero-order valence-corrected chi connectivity index (χ0v) is 18.2. The highest BCUT2D eigenvalue weighted by atomic mass is 127. The Morgan fingerprint density at radius 3 is 2.84 bits per heavy atom. The van der Waals surface area contributed by atoms with Crippen molar-refractivity contribution in [2.45, 2.75) is 39.8 Å². The second kappa shape index (κ2) is 11.7. The van der Waals surface area contributed by atoms with Crippen molar-refractivity contribution in [3.63, 3.8) is 0 Å². The highest BCUT2D eigenvalue weighted by Gasteiger charge is 2.17. The van der Waals surface area contributed by atoms with Gasteiger partial charge in [-0.05, 0) is 40.3 Å². The van der Waals surface area contributed by atoms with Gasteiger partial charge >= 0.3 is 0 Å². The summed E-state index contributed by atoms with van der Waals surface area (Å²) in [7, 11) is 2.13. The number of morpholine rings is 1. The number of ether oxygens (including phenoxy) is 1. The fourth-order valence-corrected chi connectivity index (χ4v) is 2.85. The van der Waals surface area contributed by atoms with E-state index in [0.717, 1.165) is 57.4 Å². The molecule has 1 saturated heterocycles. The van der Waals surface area contributed by atoms with Gasteiger partial charge in [0, 0.05) is 38.4 Å². The van der Waals surface area contributed by atoms with E-state index in [9.17, 15) is 0 Å². The third-order valence-corrected chi connectivity index (χ3v) is 4.08. The Morgan fingerprint density at radius 2 is 2.20 bits per heavy atom. The number of aliphatic imine (C=N–C) groups is 1. The third-order valence-electron chi connectivity index (χ3n) is 4.08. The zero-order chi connectivity index (χ0) is 17.4. The Labute approximate surface area is 168 Å². The Hall–Kier alpha value is -0.870. The van der Waals surface area contributed by atoms with E-state index in [1.165, 1.54) is 5.69 Å². The molecule has 0 spiro atoms. The van der Waals surface area contributed by atoms with Gasteiger partial charge in [-0.2, -0.15) is 5.10 Å². The van der Waals surface area contributed by atoms with Crippen LogP contribution in [0.5, 0.6) is 0 Å². The van der Waals surface area contributed by atoms with Crippen molar-refractivity contribution in [2.24, 2.45) is 4.99 Å². The van der Waals surface area contributed by atoms with Gasteiger partial charge in [0.15, 0.2) is 5.96 Å². The molecule has 0 aliphatic carbocycles. The Balaban J connectivity index is 0.00000312. The summed E-state index contributed by atoms with van der Waals surface area (Å²) in [5.74, 6) is 0.864. The molecule has 2 N–H and O–H groups in total. The number of hydrogen-bond acceptors (Lipinski definition) is 4. The van der Waals surface area contributed by atoms with Crippen molar-refractivity contribution < 1.29 is 4.74 Å². The summed E-state index contributed by atoms with van der Waals surface area (Å²) < 4.78 is 7.82. The lowest BCUT2D eigenvalue weighted by molar-refractivity contribution is -0.0136. The van der Waals surface area contributed by atoms with E-state index in [1.807, 2.05) is 6.92 Å². The molecule has 25 heavy (non-hydrogen) atoms. The molecule has 1 aromatic rings. The SMILES string of the molecule is CCNC(=NCC1CN(C)CCO1)NCCCn1nc(C)cc1C.I. The molecule has 0 amide bonds. The van der Waals surface area contributed by atoms with Gasteiger partial charge in [0.1, 0.15) is 0 Å². The molecule has 144 valence electrons. The molecule has 2 rings (SSSR count). The molecule has 8 heteroatoms. The lowest BCUT2D eigenvalue weighted by atomic mass is 10.3. The maximum absolute atomic E-state index is 5.76. The minimum absolute atomic E-state index is 0. The largest absolute Gasteiger partial charge is 0.374 e. The van der Waals surface area contributed by atoms with E-state index < -0.39 is 0 Å². The van der Waals surface area contributed by atoms with Gasteiger partial charge in [-0.1, -0.05) is 0 Å². The normalized spacial score (nSPS) is 18.7. The molecule has 1 aliphatic heterocycles. The van der Waals surface area contributed by atoms with Crippen molar-refractivity contribution in [3.8, 4) is 0 Å². The summed E-state index contributed by atoms with van der Waals surface area (Å²) in [5.41, 5.74) is 2.29. The van der Waals surface area contributed by atoms with Gasteiger partial charge in [0.05, 0.1) is 24.9 Å². The summed E-state index contributed by atoms with van der Waals surface area (Å²) in [6.45, 7) is 12.3. The quantitative estimate of drug-likeness (QED) is 0.277. The molecule has 0 aromatic carbocycles. The molecule has 1 aromatic heterocycles. The standard InChI is InChI=1S/C17H32N6O.HI/c1-5-18-17(20-12-16-13-22(4)9-10-24-16)19-7-6-8-23-15(3)11-14(2)21-23;/h11,16H,5-10,12-13H2,1-4H3,(H2,18,19,20);1H. The Morgan fingerprint density at radius 1 is 1.40 bits per heavy atom. The number of guanidine groups is 1. The van der Waals surface area contributed by atoms with Crippen LogP contribution in [-0.2, 0) is 11.3 Å². The molecule has 0 radical (unpaired) electrons. The van der Waals surface area contributed by atoms with E-state index in [2.05, 4.69) is 57.3 Å². The first-order valence-corrected chi connectivity index (χ1v) is 8.92. The van der Waals surface area contributed by atoms with Gasteiger partial charge in [0.25, 0.3) is 0 Å². The molecule has 0 bridgehead atoms. The van der Waals surface area contributed by atoms with E-state index in [-0.39, 0.29) is 30.1 Å². The average molecular weight is 464 g/mol. The van der Waals surface area contributed by atoms with Crippen LogP contribution in [0.2, 0.25) is 0 Å². The maximum atomic E-state index is 5.76. The van der Waals surface area contributed by atoms with Crippen molar-refractivity contribution in [3.05, 3.63) is 17.5 Å². The maximum Gasteiger partial charge on any atom is 0.191 e. The summed E-state index contributed by atoms with van der Waals surface area (Å²) in [4.78, 5) is 6.95. The van der Waals surface area contributed by atoms with Crippen LogP contribution in [0.15, 0.2) is 11.1 Å². The summed E-state index contributed by atoms with van der Waals surface area (Å²) in [5, 5.41) is 11.2. The number of hydrogen-bond donors (Lipinski definition) is 2. The lowest BCUT2D eigenvalue weighted by Gasteiger charge is -2.29. The van der Waals surface area contributed by atoms with Crippen molar-refractivity contribution in [2.75, 3.05) is 46.4 Å². The van der Waals surface area contributed by atoms with Crippen LogP contribution >= 0.6 is 24.0 Å². The van der Waals surface area contributed by atoms with E-state index in [1.54, 1.807) is 0 Å². The third kappa shape index (κ3) is 7.91. The Kier molecular flexibility index (Phi) is 10.4. The van der Waals surface area contributed by atoms with Crippen molar-refractivity contribution in [1.82, 2.24) is 25.3 Å².